The molecule has 47 heavy (non-hydrogen) atoms. The number of hydrogen-bond donors (Lipinski definition) is 0. The fraction of sp³-hybridized carbons (Fsp3) is 0.217. The molecule has 1 heteroatoms. The molecular formula is C46H41N. The van der Waals surface area contributed by atoms with E-state index < -0.39 is 0 Å². The highest BCUT2D eigenvalue weighted by Crippen LogP contribution is 2.69. The molecule has 5 aromatic rings. The number of anilines is 3. The molecule has 1 nitrogen and oxygen atoms in total. The van der Waals surface area contributed by atoms with Crippen molar-refractivity contribution in [1.82, 2.24) is 0 Å². The molecule has 0 radical (unpaired) electrons. The molecule has 4 saturated carbocycles. The standard InChI is InChI=1S/C46H41N/c1-3-10-33(4-2)34-15-17-35(18-16-34)36-19-21-40(22-20-36)47(39-11-6-5-7-12-39)41-23-24-43-42-13-8-9-14-44(42)46(45(43)30-41)37-26-31-25-32(28-37)29-38(46)27-31/h3-24,30-32,37-38H,1-2,25-29H2/b33-10+. The van der Waals surface area contributed by atoms with E-state index in [4.69, 9.17) is 0 Å². The second kappa shape index (κ2) is 11.1. The molecule has 5 aliphatic rings. The van der Waals surface area contributed by atoms with E-state index in [0.717, 1.165) is 34.8 Å². The maximum atomic E-state index is 3.97. The topological polar surface area (TPSA) is 3.24 Å². The Morgan fingerprint density at radius 3 is 1.81 bits per heavy atom. The molecule has 1 spiro atoms. The smallest absolute Gasteiger partial charge is 0.0465 e. The zero-order chi connectivity index (χ0) is 31.5. The Kier molecular flexibility index (Phi) is 6.71. The molecule has 0 unspecified atom stereocenters. The summed E-state index contributed by atoms with van der Waals surface area (Å²) in [5, 5.41) is 0. The monoisotopic (exact) mass is 607 g/mol. The van der Waals surface area contributed by atoms with Crippen molar-refractivity contribution in [2.75, 3.05) is 4.90 Å². The van der Waals surface area contributed by atoms with Gasteiger partial charge in [0.1, 0.15) is 0 Å². The number of para-hydroxylation sites is 1. The number of benzene rings is 5. The SMILES string of the molecule is C=C/C=C(\C=C)c1ccc(-c2ccc(N(c3ccccc3)c3ccc4c(c3)C3(c5ccccc5-4)C4CC5CC(C4)CC3C5)cc2)cc1. The Morgan fingerprint density at radius 2 is 1.15 bits per heavy atom. The average Bonchev–Trinajstić information content (AvgIpc) is 3.40. The fourth-order valence-electron chi connectivity index (χ4n) is 10.4. The minimum atomic E-state index is 0.153. The van der Waals surface area contributed by atoms with Gasteiger partial charge in [-0.05, 0) is 137 Å². The summed E-state index contributed by atoms with van der Waals surface area (Å²) < 4.78 is 0. The third-order valence-corrected chi connectivity index (χ3v) is 12.0. The van der Waals surface area contributed by atoms with Gasteiger partial charge < -0.3 is 4.90 Å². The van der Waals surface area contributed by atoms with E-state index >= 15 is 0 Å². The van der Waals surface area contributed by atoms with Crippen LogP contribution in [0.5, 0.6) is 0 Å². The highest BCUT2D eigenvalue weighted by atomic mass is 15.1. The molecule has 4 bridgehead atoms. The fourth-order valence-corrected chi connectivity index (χ4v) is 10.4. The van der Waals surface area contributed by atoms with Crippen molar-refractivity contribution < 1.29 is 0 Å². The number of hydrogen-bond acceptors (Lipinski definition) is 1. The van der Waals surface area contributed by atoms with Crippen molar-refractivity contribution in [3.05, 3.63) is 169 Å². The highest BCUT2D eigenvalue weighted by molar-refractivity contribution is 5.87. The molecular weight excluding hydrogens is 567 g/mol. The molecule has 10 rings (SSSR count). The summed E-state index contributed by atoms with van der Waals surface area (Å²) in [6, 6.07) is 45.5. The van der Waals surface area contributed by atoms with E-state index in [1.807, 2.05) is 18.2 Å². The number of nitrogens with zero attached hydrogens (tertiary/aromatic N) is 1. The summed E-state index contributed by atoms with van der Waals surface area (Å²) in [6.45, 7) is 7.81. The third-order valence-electron chi connectivity index (χ3n) is 12.0. The van der Waals surface area contributed by atoms with Crippen molar-refractivity contribution >= 4 is 22.6 Å². The summed E-state index contributed by atoms with van der Waals surface area (Å²) in [5.41, 5.74) is 14.5. The Bertz CT molecular complexity index is 1980. The van der Waals surface area contributed by atoms with Crippen LogP contribution in [0.3, 0.4) is 0 Å². The molecule has 0 amide bonds. The van der Waals surface area contributed by atoms with E-state index in [9.17, 15) is 0 Å². The summed E-state index contributed by atoms with van der Waals surface area (Å²) >= 11 is 0. The molecule has 0 saturated heterocycles. The Morgan fingerprint density at radius 1 is 0.574 bits per heavy atom. The van der Waals surface area contributed by atoms with E-state index in [-0.39, 0.29) is 5.41 Å². The molecule has 0 aliphatic heterocycles. The van der Waals surface area contributed by atoms with Crippen LogP contribution in [0.1, 0.15) is 48.8 Å². The number of rotatable bonds is 7. The maximum absolute atomic E-state index is 3.97. The second-order valence-corrected chi connectivity index (χ2v) is 14.3. The van der Waals surface area contributed by atoms with Gasteiger partial charge in [0.05, 0.1) is 0 Å². The lowest BCUT2D eigenvalue weighted by molar-refractivity contribution is -0.0399. The van der Waals surface area contributed by atoms with Crippen molar-refractivity contribution in [2.24, 2.45) is 23.7 Å². The summed E-state index contributed by atoms with van der Waals surface area (Å²) in [7, 11) is 0. The van der Waals surface area contributed by atoms with Crippen molar-refractivity contribution in [3.63, 3.8) is 0 Å². The highest BCUT2D eigenvalue weighted by Gasteiger charge is 2.61. The zero-order valence-corrected chi connectivity index (χ0v) is 27.0. The number of fused-ring (bicyclic) bond motifs is 3. The molecule has 5 aliphatic carbocycles. The normalized spacial score (nSPS) is 25.0. The van der Waals surface area contributed by atoms with E-state index in [1.165, 1.54) is 71.4 Å². The predicted molar refractivity (Wildman–Crippen MR) is 198 cm³/mol. The van der Waals surface area contributed by atoms with Crippen LogP contribution in [-0.2, 0) is 5.41 Å². The Balaban J connectivity index is 1.13. The van der Waals surface area contributed by atoms with Gasteiger partial charge >= 0.3 is 0 Å². The van der Waals surface area contributed by atoms with Crippen LogP contribution in [0, 0.1) is 23.7 Å². The van der Waals surface area contributed by atoms with E-state index in [1.54, 1.807) is 11.1 Å². The van der Waals surface area contributed by atoms with Crippen LogP contribution in [0.4, 0.5) is 17.1 Å². The van der Waals surface area contributed by atoms with Crippen molar-refractivity contribution in [1.29, 1.82) is 0 Å². The minimum Gasteiger partial charge on any atom is -0.310 e. The van der Waals surface area contributed by atoms with Crippen molar-refractivity contribution in [3.8, 4) is 22.3 Å². The van der Waals surface area contributed by atoms with Gasteiger partial charge in [-0.3, -0.25) is 0 Å². The van der Waals surface area contributed by atoms with Crippen LogP contribution in [-0.4, -0.2) is 0 Å². The maximum Gasteiger partial charge on any atom is 0.0465 e. The third kappa shape index (κ3) is 4.36. The first kappa shape index (κ1) is 28.4. The molecule has 0 aromatic heterocycles. The van der Waals surface area contributed by atoms with Crippen LogP contribution >= 0.6 is 0 Å². The second-order valence-electron chi connectivity index (χ2n) is 14.3. The van der Waals surface area contributed by atoms with Gasteiger partial charge in [-0.1, -0.05) is 116 Å². The molecule has 0 N–H and O–H groups in total. The Labute approximate surface area is 279 Å². The first-order valence-corrected chi connectivity index (χ1v) is 17.4. The molecule has 4 fully saturated rings. The number of allylic oxidation sites excluding steroid dienone is 4. The lowest BCUT2D eigenvalue weighted by Gasteiger charge is -2.61. The quantitative estimate of drug-likeness (QED) is 0.166. The lowest BCUT2D eigenvalue weighted by Crippen LogP contribution is -2.55. The zero-order valence-electron chi connectivity index (χ0n) is 27.0. The molecule has 0 atom stereocenters. The lowest BCUT2D eigenvalue weighted by atomic mass is 9.43. The van der Waals surface area contributed by atoms with Crippen LogP contribution < -0.4 is 4.90 Å². The predicted octanol–water partition coefficient (Wildman–Crippen LogP) is 12.3. The van der Waals surface area contributed by atoms with Crippen LogP contribution in [0.2, 0.25) is 0 Å². The molecule has 0 heterocycles. The molecule has 5 aromatic carbocycles. The van der Waals surface area contributed by atoms with Gasteiger partial charge in [0.15, 0.2) is 0 Å². The van der Waals surface area contributed by atoms with Crippen molar-refractivity contribution in [2.45, 2.75) is 37.5 Å². The summed E-state index contributed by atoms with van der Waals surface area (Å²) in [4.78, 5) is 2.45. The first-order chi connectivity index (χ1) is 23.2. The first-order valence-electron chi connectivity index (χ1n) is 17.4. The molecule has 230 valence electrons. The minimum absolute atomic E-state index is 0.153. The van der Waals surface area contributed by atoms with Gasteiger partial charge in [0, 0.05) is 22.5 Å². The van der Waals surface area contributed by atoms with Crippen LogP contribution in [0.15, 0.2) is 153 Å². The summed E-state index contributed by atoms with van der Waals surface area (Å²) in [5.74, 6) is 3.38. The van der Waals surface area contributed by atoms with Gasteiger partial charge in [0.25, 0.3) is 0 Å². The Hall–Kier alpha value is -4.88. The summed E-state index contributed by atoms with van der Waals surface area (Å²) in [6.07, 6.45) is 12.8. The van der Waals surface area contributed by atoms with Crippen LogP contribution in [0.25, 0.3) is 27.8 Å². The van der Waals surface area contributed by atoms with Gasteiger partial charge in [-0.15, -0.1) is 0 Å². The van der Waals surface area contributed by atoms with Gasteiger partial charge in [0.2, 0.25) is 0 Å². The van der Waals surface area contributed by atoms with E-state index in [2.05, 4.69) is 139 Å². The van der Waals surface area contributed by atoms with E-state index in [0.29, 0.717) is 0 Å². The van der Waals surface area contributed by atoms with Gasteiger partial charge in [-0.25, -0.2) is 0 Å². The largest absolute Gasteiger partial charge is 0.310 e. The van der Waals surface area contributed by atoms with Gasteiger partial charge in [-0.2, -0.15) is 0 Å². The average molecular weight is 608 g/mol.